The minimum absolute atomic E-state index is 0.0547. The van der Waals surface area contributed by atoms with Crippen molar-refractivity contribution in [1.29, 1.82) is 0 Å². The van der Waals surface area contributed by atoms with Gasteiger partial charge in [0, 0.05) is 6.04 Å². The molecular weight excluding hydrogens is 190 g/mol. The van der Waals surface area contributed by atoms with Gasteiger partial charge in [-0.3, -0.25) is 9.69 Å². The number of fused-ring (bicyclic) bond motifs is 1. The first-order chi connectivity index (χ1) is 7.24. The third-order valence-electron chi connectivity index (χ3n) is 4.08. The van der Waals surface area contributed by atoms with Gasteiger partial charge in [0.15, 0.2) is 0 Å². The van der Waals surface area contributed by atoms with Gasteiger partial charge in [0.05, 0.1) is 7.11 Å². The molecular formula is C12H21NO2. The van der Waals surface area contributed by atoms with Crippen molar-refractivity contribution in [3.05, 3.63) is 0 Å². The zero-order valence-corrected chi connectivity index (χ0v) is 9.74. The molecule has 3 nitrogen and oxygen atoms in total. The van der Waals surface area contributed by atoms with E-state index >= 15 is 0 Å². The Balaban J connectivity index is 2.03. The lowest BCUT2D eigenvalue weighted by Gasteiger charge is -2.40. The maximum absolute atomic E-state index is 11.5. The van der Waals surface area contributed by atoms with Crippen LogP contribution in [0.2, 0.25) is 0 Å². The van der Waals surface area contributed by atoms with Crippen LogP contribution < -0.4 is 0 Å². The number of ether oxygens (including phenoxy) is 1. The highest BCUT2D eigenvalue weighted by Gasteiger charge is 2.38. The van der Waals surface area contributed by atoms with Crippen LogP contribution in [0.5, 0.6) is 0 Å². The van der Waals surface area contributed by atoms with Gasteiger partial charge >= 0.3 is 5.97 Å². The summed E-state index contributed by atoms with van der Waals surface area (Å²) in [6.07, 6.45) is 6.55. The lowest BCUT2D eigenvalue weighted by molar-refractivity contribution is -0.148. The molecule has 0 amide bonds. The molecule has 0 bridgehead atoms. The van der Waals surface area contributed by atoms with E-state index in [0.717, 1.165) is 12.5 Å². The van der Waals surface area contributed by atoms with Crippen LogP contribution in [0, 0.1) is 5.92 Å². The fourth-order valence-electron chi connectivity index (χ4n) is 3.28. The van der Waals surface area contributed by atoms with E-state index in [2.05, 4.69) is 4.90 Å². The maximum atomic E-state index is 11.5. The Hall–Kier alpha value is -0.570. The van der Waals surface area contributed by atoms with Gasteiger partial charge in [0.2, 0.25) is 0 Å². The van der Waals surface area contributed by atoms with Gasteiger partial charge < -0.3 is 4.74 Å². The number of esters is 1. The number of carbonyl (C=O) groups excluding carboxylic acids is 1. The normalized spacial score (nSPS) is 33.5. The smallest absolute Gasteiger partial charge is 0.322 e. The first kappa shape index (κ1) is 10.9. The van der Waals surface area contributed by atoms with Crippen LogP contribution >= 0.6 is 0 Å². The molecule has 1 heterocycles. The summed E-state index contributed by atoms with van der Waals surface area (Å²) in [5.74, 6) is 0.758. The molecule has 0 aromatic carbocycles. The molecule has 1 aliphatic carbocycles. The van der Waals surface area contributed by atoms with E-state index < -0.39 is 0 Å². The summed E-state index contributed by atoms with van der Waals surface area (Å²) in [6.45, 7) is 3.05. The summed E-state index contributed by atoms with van der Waals surface area (Å²) in [6, 6.07) is 0.591. The lowest BCUT2D eigenvalue weighted by Crippen LogP contribution is -2.50. The number of carbonyl (C=O) groups is 1. The number of hydrogen-bond acceptors (Lipinski definition) is 3. The van der Waals surface area contributed by atoms with Crippen molar-refractivity contribution >= 4 is 5.97 Å². The predicted octanol–water partition coefficient (Wildman–Crippen LogP) is 1.81. The van der Waals surface area contributed by atoms with Crippen LogP contribution in [-0.2, 0) is 9.53 Å². The van der Waals surface area contributed by atoms with E-state index in [1.165, 1.54) is 39.2 Å². The van der Waals surface area contributed by atoms with Gasteiger partial charge in [-0.1, -0.05) is 6.42 Å². The van der Waals surface area contributed by atoms with Gasteiger partial charge in [-0.15, -0.1) is 0 Å². The van der Waals surface area contributed by atoms with Crippen molar-refractivity contribution in [1.82, 2.24) is 4.90 Å². The van der Waals surface area contributed by atoms with E-state index in [1.807, 2.05) is 6.92 Å². The van der Waals surface area contributed by atoms with E-state index in [9.17, 15) is 4.79 Å². The highest BCUT2D eigenvalue weighted by atomic mass is 16.5. The van der Waals surface area contributed by atoms with Crippen LogP contribution in [0.3, 0.4) is 0 Å². The number of hydrogen-bond donors (Lipinski definition) is 0. The van der Waals surface area contributed by atoms with Gasteiger partial charge in [0.1, 0.15) is 6.04 Å². The van der Waals surface area contributed by atoms with Gasteiger partial charge in [-0.2, -0.15) is 0 Å². The molecule has 2 rings (SSSR count). The minimum atomic E-state index is -0.0810. The summed E-state index contributed by atoms with van der Waals surface area (Å²) in [7, 11) is 1.48. The standard InChI is InChI=1S/C12H21NO2/c1-9(12(14)15-2)13-8-4-6-10-5-3-7-11(10)13/h9-11H,3-8H2,1-2H3. The second-order valence-electron chi connectivity index (χ2n) is 4.84. The molecule has 3 heteroatoms. The second-order valence-corrected chi connectivity index (χ2v) is 4.84. The first-order valence-corrected chi connectivity index (χ1v) is 6.07. The van der Waals surface area contributed by atoms with Crippen LogP contribution in [-0.4, -0.2) is 36.6 Å². The predicted molar refractivity (Wildman–Crippen MR) is 58.5 cm³/mol. The molecule has 2 fully saturated rings. The van der Waals surface area contributed by atoms with Gasteiger partial charge in [0.25, 0.3) is 0 Å². The molecule has 86 valence electrons. The molecule has 15 heavy (non-hydrogen) atoms. The fourth-order valence-corrected chi connectivity index (χ4v) is 3.28. The highest BCUT2D eigenvalue weighted by Crippen LogP contribution is 2.37. The van der Waals surface area contributed by atoms with E-state index in [4.69, 9.17) is 4.74 Å². The monoisotopic (exact) mass is 211 g/mol. The molecule has 0 aromatic rings. The third-order valence-corrected chi connectivity index (χ3v) is 4.08. The maximum Gasteiger partial charge on any atom is 0.322 e. The minimum Gasteiger partial charge on any atom is -0.468 e. The Bertz CT molecular complexity index is 242. The van der Waals surface area contributed by atoms with E-state index in [1.54, 1.807) is 0 Å². The summed E-state index contributed by atoms with van der Waals surface area (Å²) >= 11 is 0. The zero-order chi connectivity index (χ0) is 10.8. The Labute approximate surface area is 91.8 Å². The highest BCUT2D eigenvalue weighted by molar-refractivity contribution is 5.75. The molecule has 3 atom stereocenters. The molecule has 0 spiro atoms. The number of rotatable bonds is 2. The average molecular weight is 211 g/mol. The van der Waals surface area contributed by atoms with Crippen molar-refractivity contribution in [2.45, 2.75) is 51.1 Å². The quantitative estimate of drug-likeness (QED) is 0.652. The largest absolute Gasteiger partial charge is 0.468 e. The molecule has 0 aromatic heterocycles. The molecule has 1 aliphatic heterocycles. The summed E-state index contributed by atoms with van der Waals surface area (Å²) in [4.78, 5) is 13.9. The Kier molecular flexibility index (Phi) is 3.29. The molecule has 2 aliphatic rings. The molecule has 3 unspecified atom stereocenters. The van der Waals surface area contributed by atoms with Crippen LogP contribution in [0.15, 0.2) is 0 Å². The molecule has 0 N–H and O–H groups in total. The molecule has 0 radical (unpaired) electrons. The van der Waals surface area contributed by atoms with Crippen LogP contribution in [0.1, 0.15) is 39.0 Å². The van der Waals surface area contributed by atoms with Gasteiger partial charge in [-0.05, 0) is 45.1 Å². The van der Waals surface area contributed by atoms with Crippen molar-refractivity contribution in [3.63, 3.8) is 0 Å². The Morgan fingerprint density at radius 2 is 2.07 bits per heavy atom. The second kappa shape index (κ2) is 4.52. The summed E-state index contributed by atoms with van der Waals surface area (Å²) in [5.41, 5.74) is 0. The summed E-state index contributed by atoms with van der Waals surface area (Å²) in [5, 5.41) is 0. The van der Waals surface area contributed by atoms with Crippen molar-refractivity contribution in [2.75, 3.05) is 13.7 Å². The fraction of sp³-hybridized carbons (Fsp3) is 0.917. The molecule has 1 saturated carbocycles. The Morgan fingerprint density at radius 1 is 1.33 bits per heavy atom. The third kappa shape index (κ3) is 2.03. The van der Waals surface area contributed by atoms with Crippen molar-refractivity contribution in [3.8, 4) is 0 Å². The number of piperidine rings is 1. The summed E-state index contributed by atoms with van der Waals surface area (Å²) < 4.78 is 4.83. The molecule has 1 saturated heterocycles. The number of nitrogens with zero attached hydrogens (tertiary/aromatic N) is 1. The lowest BCUT2D eigenvalue weighted by atomic mass is 9.91. The van der Waals surface area contributed by atoms with E-state index in [-0.39, 0.29) is 12.0 Å². The average Bonchev–Trinajstić information content (AvgIpc) is 2.74. The van der Waals surface area contributed by atoms with Crippen LogP contribution in [0.25, 0.3) is 0 Å². The van der Waals surface area contributed by atoms with Gasteiger partial charge in [-0.25, -0.2) is 0 Å². The Morgan fingerprint density at radius 3 is 2.80 bits per heavy atom. The first-order valence-electron chi connectivity index (χ1n) is 6.07. The van der Waals surface area contributed by atoms with Crippen LogP contribution in [0.4, 0.5) is 0 Å². The number of likely N-dealkylation sites (tertiary alicyclic amines) is 1. The SMILES string of the molecule is COC(=O)C(C)N1CCCC2CCCC21. The number of methoxy groups -OCH3 is 1. The zero-order valence-electron chi connectivity index (χ0n) is 9.74. The van der Waals surface area contributed by atoms with E-state index in [0.29, 0.717) is 6.04 Å². The van der Waals surface area contributed by atoms with Crippen molar-refractivity contribution < 1.29 is 9.53 Å². The van der Waals surface area contributed by atoms with Crippen molar-refractivity contribution in [2.24, 2.45) is 5.92 Å². The topological polar surface area (TPSA) is 29.5 Å².